The van der Waals surface area contributed by atoms with Gasteiger partial charge in [-0.05, 0) is 49.7 Å². The number of hydrogen-bond acceptors (Lipinski definition) is 2. The van der Waals surface area contributed by atoms with Crippen LogP contribution >= 0.6 is 0 Å². The second kappa shape index (κ2) is 11.0. The molecule has 0 saturated heterocycles. The van der Waals surface area contributed by atoms with Gasteiger partial charge in [0.05, 0.1) is 0 Å². The van der Waals surface area contributed by atoms with Gasteiger partial charge < -0.3 is 15.7 Å². The van der Waals surface area contributed by atoms with Gasteiger partial charge >= 0.3 is 0 Å². The number of aliphatic hydroxyl groups is 1. The lowest BCUT2D eigenvalue weighted by atomic mass is 9.79. The van der Waals surface area contributed by atoms with E-state index in [4.69, 9.17) is 0 Å². The lowest BCUT2D eigenvalue weighted by Gasteiger charge is -2.29. The van der Waals surface area contributed by atoms with Crippen molar-refractivity contribution in [3.8, 4) is 0 Å². The summed E-state index contributed by atoms with van der Waals surface area (Å²) < 4.78 is 26.6. The molecule has 0 aliphatic rings. The van der Waals surface area contributed by atoms with Crippen LogP contribution in [0.2, 0.25) is 0 Å². The molecule has 142 valence electrons. The molecular formula is C19H31F2N3O. The Balaban J connectivity index is 2.66. The minimum atomic E-state index is -0.566. The van der Waals surface area contributed by atoms with E-state index in [0.717, 1.165) is 31.9 Å². The fraction of sp³-hybridized carbons (Fsp3) is 0.632. The number of benzene rings is 1. The fourth-order valence-corrected chi connectivity index (χ4v) is 2.77. The van der Waals surface area contributed by atoms with E-state index in [9.17, 15) is 13.9 Å². The summed E-state index contributed by atoms with van der Waals surface area (Å²) in [6.07, 6.45) is 3.07. The van der Waals surface area contributed by atoms with Crippen LogP contribution in [0.1, 0.15) is 45.6 Å². The number of aliphatic imine (C=N–C) groups is 1. The predicted octanol–water partition coefficient (Wildman–Crippen LogP) is 3.25. The van der Waals surface area contributed by atoms with Crippen LogP contribution in [0.25, 0.3) is 0 Å². The van der Waals surface area contributed by atoms with Gasteiger partial charge in [0.1, 0.15) is 11.6 Å². The molecule has 0 spiro atoms. The monoisotopic (exact) mass is 355 g/mol. The first kappa shape index (κ1) is 21.4. The van der Waals surface area contributed by atoms with Crippen LogP contribution in [0, 0.1) is 17.0 Å². The van der Waals surface area contributed by atoms with Crippen LogP contribution in [0.5, 0.6) is 0 Å². The minimum absolute atomic E-state index is 0.000165. The number of aliphatic hydroxyl groups excluding tert-OH is 1. The molecule has 0 heterocycles. The van der Waals surface area contributed by atoms with Gasteiger partial charge in [0.25, 0.3) is 0 Å². The fourth-order valence-electron chi connectivity index (χ4n) is 2.77. The molecule has 0 atom stereocenters. The van der Waals surface area contributed by atoms with Gasteiger partial charge in [-0.15, -0.1) is 0 Å². The first-order valence-corrected chi connectivity index (χ1v) is 9.07. The molecular weight excluding hydrogens is 324 g/mol. The molecule has 0 amide bonds. The van der Waals surface area contributed by atoms with Crippen molar-refractivity contribution in [3.63, 3.8) is 0 Å². The van der Waals surface area contributed by atoms with Crippen molar-refractivity contribution in [2.75, 3.05) is 26.2 Å². The van der Waals surface area contributed by atoms with Crippen molar-refractivity contribution < 1.29 is 13.9 Å². The van der Waals surface area contributed by atoms with Gasteiger partial charge in [0.15, 0.2) is 5.96 Å². The third kappa shape index (κ3) is 6.98. The summed E-state index contributed by atoms with van der Waals surface area (Å²) >= 11 is 0. The summed E-state index contributed by atoms with van der Waals surface area (Å²) in [5.41, 5.74) is 0.474. The second-order valence-electron chi connectivity index (χ2n) is 6.29. The first-order valence-electron chi connectivity index (χ1n) is 9.07. The van der Waals surface area contributed by atoms with E-state index in [1.807, 2.05) is 6.92 Å². The Morgan fingerprint density at radius 1 is 1.16 bits per heavy atom. The number of halogens is 2. The Morgan fingerprint density at radius 3 is 2.44 bits per heavy atom. The van der Waals surface area contributed by atoms with Gasteiger partial charge in [-0.1, -0.05) is 19.9 Å². The average molecular weight is 355 g/mol. The number of nitrogens with one attached hydrogen (secondary N) is 2. The van der Waals surface area contributed by atoms with Gasteiger partial charge in [-0.3, -0.25) is 4.99 Å². The van der Waals surface area contributed by atoms with E-state index in [2.05, 4.69) is 29.5 Å². The Hall–Kier alpha value is -1.69. The van der Waals surface area contributed by atoms with Crippen molar-refractivity contribution >= 4 is 5.96 Å². The normalized spacial score (nSPS) is 12.3. The molecule has 25 heavy (non-hydrogen) atoms. The van der Waals surface area contributed by atoms with Crippen molar-refractivity contribution in [1.29, 1.82) is 0 Å². The zero-order chi connectivity index (χ0) is 18.7. The topological polar surface area (TPSA) is 56.7 Å². The maximum absolute atomic E-state index is 13.7. The zero-order valence-electron chi connectivity index (χ0n) is 15.5. The van der Waals surface area contributed by atoms with E-state index in [1.165, 1.54) is 12.1 Å². The second-order valence-corrected chi connectivity index (χ2v) is 6.29. The number of rotatable bonds is 10. The molecule has 3 N–H and O–H groups in total. The minimum Gasteiger partial charge on any atom is -0.396 e. The molecule has 0 fully saturated rings. The molecule has 0 aliphatic carbocycles. The van der Waals surface area contributed by atoms with Crippen LogP contribution in [0.4, 0.5) is 8.78 Å². The Bertz CT molecular complexity index is 545. The molecule has 0 radical (unpaired) electrons. The maximum Gasteiger partial charge on any atom is 0.191 e. The summed E-state index contributed by atoms with van der Waals surface area (Å²) in [5, 5.41) is 15.7. The zero-order valence-corrected chi connectivity index (χ0v) is 15.5. The highest BCUT2D eigenvalue weighted by atomic mass is 19.1. The lowest BCUT2D eigenvalue weighted by Crippen LogP contribution is -2.39. The van der Waals surface area contributed by atoms with E-state index in [1.54, 1.807) is 0 Å². The first-order chi connectivity index (χ1) is 12.0. The molecule has 0 saturated carbocycles. The average Bonchev–Trinajstić information content (AvgIpc) is 2.60. The molecule has 1 aromatic rings. The number of nitrogens with zero attached hydrogens (tertiary/aromatic N) is 1. The van der Waals surface area contributed by atoms with E-state index >= 15 is 0 Å². The van der Waals surface area contributed by atoms with E-state index < -0.39 is 11.6 Å². The highest BCUT2D eigenvalue weighted by molar-refractivity contribution is 5.79. The Kier molecular flexibility index (Phi) is 9.42. The van der Waals surface area contributed by atoms with Crippen molar-refractivity contribution in [2.45, 2.75) is 46.5 Å². The molecule has 0 aromatic heterocycles. The maximum atomic E-state index is 13.7. The van der Waals surface area contributed by atoms with Crippen LogP contribution in [-0.4, -0.2) is 37.3 Å². The molecule has 6 heteroatoms. The quantitative estimate of drug-likeness (QED) is 0.446. The number of hydrogen-bond donors (Lipinski definition) is 3. The molecule has 0 bridgehead atoms. The molecule has 0 unspecified atom stereocenters. The van der Waals surface area contributed by atoms with Crippen molar-refractivity contribution in [2.24, 2.45) is 10.4 Å². The van der Waals surface area contributed by atoms with E-state index in [0.29, 0.717) is 31.0 Å². The number of guanidine groups is 1. The van der Waals surface area contributed by atoms with Gasteiger partial charge in [0.2, 0.25) is 0 Å². The van der Waals surface area contributed by atoms with Crippen molar-refractivity contribution in [3.05, 3.63) is 35.4 Å². The van der Waals surface area contributed by atoms with E-state index in [-0.39, 0.29) is 12.0 Å². The highest BCUT2D eigenvalue weighted by Gasteiger charge is 2.25. The van der Waals surface area contributed by atoms with Crippen molar-refractivity contribution in [1.82, 2.24) is 10.6 Å². The lowest BCUT2D eigenvalue weighted by molar-refractivity contribution is 0.175. The Morgan fingerprint density at radius 2 is 1.88 bits per heavy atom. The van der Waals surface area contributed by atoms with Crippen LogP contribution < -0.4 is 10.6 Å². The standard InChI is InChI=1S/C19H31F2N3O/c1-4-19(5-2,10-12-25)14-24-18(22-6-3)23-11-9-15-7-8-16(20)13-17(15)21/h7-8,13,25H,4-6,9-12,14H2,1-3H3,(H2,22,23,24). The third-order valence-corrected chi connectivity index (χ3v) is 4.76. The van der Waals surface area contributed by atoms with Gasteiger partial charge in [0, 0.05) is 32.3 Å². The third-order valence-electron chi connectivity index (χ3n) is 4.76. The van der Waals surface area contributed by atoms with Gasteiger partial charge in [-0.2, -0.15) is 0 Å². The summed E-state index contributed by atoms with van der Waals surface area (Å²) in [5.74, 6) is -0.416. The highest BCUT2D eigenvalue weighted by Crippen LogP contribution is 2.30. The van der Waals surface area contributed by atoms with Crippen LogP contribution in [0.15, 0.2) is 23.2 Å². The molecule has 4 nitrogen and oxygen atoms in total. The van der Waals surface area contributed by atoms with Crippen LogP contribution in [0.3, 0.4) is 0 Å². The predicted molar refractivity (Wildman–Crippen MR) is 98.8 cm³/mol. The van der Waals surface area contributed by atoms with Gasteiger partial charge in [-0.25, -0.2) is 8.78 Å². The molecule has 0 aliphatic heterocycles. The largest absolute Gasteiger partial charge is 0.396 e. The Labute approximate surface area is 149 Å². The summed E-state index contributed by atoms with van der Waals surface area (Å²) in [7, 11) is 0. The molecule has 1 aromatic carbocycles. The summed E-state index contributed by atoms with van der Waals surface area (Å²) in [6.45, 7) is 8.23. The SMILES string of the molecule is CCNC(=NCC(CC)(CC)CCO)NCCc1ccc(F)cc1F. The van der Waals surface area contributed by atoms with Crippen LogP contribution in [-0.2, 0) is 6.42 Å². The summed E-state index contributed by atoms with van der Waals surface area (Å²) in [4.78, 5) is 4.64. The molecule has 1 rings (SSSR count). The smallest absolute Gasteiger partial charge is 0.191 e. The summed E-state index contributed by atoms with van der Waals surface area (Å²) in [6, 6.07) is 3.64.